The van der Waals surface area contributed by atoms with Crippen LogP contribution in [-0.4, -0.2) is 38.9 Å². The van der Waals surface area contributed by atoms with E-state index in [0.29, 0.717) is 17.1 Å². The molecule has 0 aliphatic carbocycles. The normalized spacial score (nSPS) is 12.3. The maximum Gasteiger partial charge on any atom is 0.325 e. The molecule has 1 atom stereocenters. The van der Waals surface area contributed by atoms with Gasteiger partial charge in [0.2, 0.25) is 0 Å². The van der Waals surface area contributed by atoms with Crippen LogP contribution in [0.3, 0.4) is 0 Å². The van der Waals surface area contributed by atoms with Crippen LogP contribution in [0.4, 0.5) is 0 Å². The highest BCUT2D eigenvalue weighted by Gasteiger charge is 2.34. The zero-order chi connectivity index (χ0) is 16.9. The third-order valence-corrected chi connectivity index (χ3v) is 2.79. The molecule has 0 radical (unpaired) electrons. The molecule has 0 saturated heterocycles. The summed E-state index contributed by atoms with van der Waals surface area (Å²) in [5.74, 6) is -1.66. The molecule has 6 nitrogen and oxygen atoms in total. The topological polar surface area (TPSA) is 71.1 Å². The van der Waals surface area contributed by atoms with E-state index in [-0.39, 0.29) is 0 Å². The van der Waals surface area contributed by atoms with E-state index in [2.05, 4.69) is 0 Å². The van der Waals surface area contributed by atoms with Gasteiger partial charge < -0.3 is 18.9 Å². The van der Waals surface area contributed by atoms with Gasteiger partial charge in [-0.15, -0.1) is 0 Å². The zero-order valence-corrected chi connectivity index (χ0v) is 13.8. The number of carbonyl (C=O) groups excluding carboxylic acids is 2. The Bertz CT molecular complexity index is 522. The molecule has 1 aromatic carbocycles. The fraction of sp³-hybridized carbons (Fsp3) is 0.500. The number of hydrogen-bond donors (Lipinski definition) is 0. The first-order valence-electron chi connectivity index (χ1n) is 6.75. The van der Waals surface area contributed by atoms with Crippen LogP contribution in [0.1, 0.15) is 32.3 Å². The molecule has 22 heavy (non-hydrogen) atoms. The lowest BCUT2D eigenvalue weighted by Crippen LogP contribution is -2.32. The summed E-state index contributed by atoms with van der Waals surface area (Å²) in [6.07, 6.45) is 0. The summed E-state index contributed by atoms with van der Waals surface area (Å²) in [6, 6.07) is 4.80. The number of methoxy groups -OCH3 is 3. The number of hydrogen-bond acceptors (Lipinski definition) is 6. The largest absolute Gasteiger partial charge is 0.497 e. The molecule has 0 saturated carbocycles. The average Bonchev–Trinajstić information content (AvgIpc) is 2.44. The van der Waals surface area contributed by atoms with Gasteiger partial charge in [-0.2, -0.15) is 0 Å². The summed E-state index contributed by atoms with van der Waals surface area (Å²) in [4.78, 5) is 24.4. The second kappa shape index (κ2) is 7.15. The summed E-state index contributed by atoms with van der Waals surface area (Å²) >= 11 is 0. The van der Waals surface area contributed by atoms with Crippen LogP contribution in [0.2, 0.25) is 0 Å². The average molecular weight is 310 g/mol. The van der Waals surface area contributed by atoms with E-state index >= 15 is 0 Å². The lowest BCUT2D eigenvalue weighted by atomic mass is 9.98. The minimum Gasteiger partial charge on any atom is -0.497 e. The maximum absolute atomic E-state index is 12.4. The molecule has 0 spiro atoms. The Balaban J connectivity index is 3.28. The lowest BCUT2D eigenvalue weighted by molar-refractivity contribution is -0.163. The Morgan fingerprint density at radius 1 is 0.909 bits per heavy atom. The van der Waals surface area contributed by atoms with Gasteiger partial charge in [0, 0.05) is 6.07 Å². The first-order valence-corrected chi connectivity index (χ1v) is 6.75. The molecule has 0 amide bonds. The SMILES string of the molecule is COC(=O)C(C(=O)OC(C)(C)C)c1cc(OC)cc(OC)c1. The van der Waals surface area contributed by atoms with E-state index in [4.69, 9.17) is 18.9 Å². The molecular weight excluding hydrogens is 288 g/mol. The number of rotatable bonds is 5. The molecule has 1 rings (SSSR count). The van der Waals surface area contributed by atoms with Crippen LogP contribution >= 0.6 is 0 Å². The minimum atomic E-state index is -1.20. The van der Waals surface area contributed by atoms with Crippen molar-refractivity contribution in [1.82, 2.24) is 0 Å². The Hall–Kier alpha value is -2.24. The maximum atomic E-state index is 12.4. The van der Waals surface area contributed by atoms with Crippen LogP contribution in [0.25, 0.3) is 0 Å². The van der Waals surface area contributed by atoms with Crippen molar-refractivity contribution in [2.45, 2.75) is 32.3 Å². The van der Waals surface area contributed by atoms with Crippen molar-refractivity contribution in [3.63, 3.8) is 0 Å². The fourth-order valence-electron chi connectivity index (χ4n) is 1.84. The van der Waals surface area contributed by atoms with Crippen molar-refractivity contribution in [2.24, 2.45) is 0 Å². The molecule has 6 heteroatoms. The minimum absolute atomic E-state index is 0.386. The first kappa shape index (κ1) is 17.8. The van der Waals surface area contributed by atoms with E-state index in [1.165, 1.54) is 21.3 Å². The number of esters is 2. The smallest absolute Gasteiger partial charge is 0.325 e. The molecule has 0 aromatic heterocycles. The molecular formula is C16H22O6. The van der Waals surface area contributed by atoms with E-state index in [9.17, 15) is 9.59 Å². The van der Waals surface area contributed by atoms with Gasteiger partial charge in [-0.05, 0) is 38.5 Å². The molecule has 0 N–H and O–H groups in total. The summed E-state index contributed by atoms with van der Waals surface area (Å²) in [5.41, 5.74) is -0.330. The van der Waals surface area contributed by atoms with Crippen molar-refractivity contribution in [3.8, 4) is 11.5 Å². The van der Waals surface area contributed by atoms with Gasteiger partial charge in [-0.3, -0.25) is 9.59 Å². The van der Waals surface area contributed by atoms with Crippen molar-refractivity contribution in [2.75, 3.05) is 21.3 Å². The molecule has 0 aliphatic heterocycles. The van der Waals surface area contributed by atoms with Gasteiger partial charge in [-0.25, -0.2) is 0 Å². The second-order valence-electron chi connectivity index (χ2n) is 5.64. The third kappa shape index (κ3) is 4.65. The molecule has 0 fully saturated rings. The summed E-state index contributed by atoms with van der Waals surface area (Å²) in [7, 11) is 4.19. The van der Waals surface area contributed by atoms with Gasteiger partial charge in [0.05, 0.1) is 21.3 Å². The highest BCUT2D eigenvalue weighted by Crippen LogP contribution is 2.30. The Morgan fingerprint density at radius 3 is 1.77 bits per heavy atom. The zero-order valence-electron chi connectivity index (χ0n) is 13.8. The van der Waals surface area contributed by atoms with Crippen LogP contribution in [0.5, 0.6) is 11.5 Å². The molecule has 1 unspecified atom stereocenters. The Labute approximate surface area is 130 Å². The number of ether oxygens (including phenoxy) is 4. The Kier molecular flexibility index (Phi) is 5.79. The molecule has 0 bridgehead atoms. The molecule has 0 heterocycles. The highest BCUT2D eigenvalue weighted by molar-refractivity contribution is 6.01. The highest BCUT2D eigenvalue weighted by atomic mass is 16.6. The second-order valence-corrected chi connectivity index (χ2v) is 5.64. The van der Waals surface area contributed by atoms with Gasteiger partial charge in [0.15, 0.2) is 5.92 Å². The predicted molar refractivity (Wildman–Crippen MR) is 80.1 cm³/mol. The van der Waals surface area contributed by atoms with Crippen molar-refractivity contribution in [1.29, 1.82) is 0 Å². The number of carbonyl (C=O) groups is 2. The van der Waals surface area contributed by atoms with Crippen LogP contribution in [0, 0.1) is 0 Å². The first-order chi connectivity index (χ1) is 10.2. The van der Waals surface area contributed by atoms with Crippen LogP contribution < -0.4 is 9.47 Å². The van der Waals surface area contributed by atoms with Crippen LogP contribution in [0.15, 0.2) is 18.2 Å². The summed E-state index contributed by atoms with van der Waals surface area (Å²) in [5, 5.41) is 0. The van der Waals surface area contributed by atoms with Crippen LogP contribution in [-0.2, 0) is 19.1 Å². The quantitative estimate of drug-likeness (QED) is 0.614. The standard InChI is InChI=1S/C16H22O6/c1-16(2,3)22-15(18)13(14(17)21-6)10-7-11(19-4)9-12(8-10)20-5/h7-9,13H,1-6H3. The van der Waals surface area contributed by atoms with Crippen molar-refractivity contribution in [3.05, 3.63) is 23.8 Å². The molecule has 1 aromatic rings. The van der Waals surface area contributed by atoms with E-state index in [0.717, 1.165) is 0 Å². The van der Waals surface area contributed by atoms with Gasteiger partial charge in [0.25, 0.3) is 0 Å². The predicted octanol–water partition coefficient (Wildman–Crippen LogP) is 2.30. The molecule has 0 aliphatic rings. The van der Waals surface area contributed by atoms with Crippen molar-refractivity contribution >= 4 is 11.9 Å². The van der Waals surface area contributed by atoms with Gasteiger partial charge >= 0.3 is 11.9 Å². The van der Waals surface area contributed by atoms with E-state index in [1.54, 1.807) is 39.0 Å². The Morgan fingerprint density at radius 2 is 1.41 bits per heavy atom. The van der Waals surface area contributed by atoms with Gasteiger partial charge in [-0.1, -0.05) is 0 Å². The number of benzene rings is 1. The van der Waals surface area contributed by atoms with E-state index < -0.39 is 23.5 Å². The molecule has 122 valence electrons. The third-order valence-electron chi connectivity index (χ3n) is 2.79. The fourth-order valence-corrected chi connectivity index (χ4v) is 1.84. The summed E-state index contributed by atoms with van der Waals surface area (Å²) in [6.45, 7) is 5.18. The van der Waals surface area contributed by atoms with E-state index in [1.807, 2.05) is 0 Å². The summed E-state index contributed by atoms with van der Waals surface area (Å²) < 4.78 is 20.3. The van der Waals surface area contributed by atoms with Gasteiger partial charge in [0.1, 0.15) is 17.1 Å². The van der Waals surface area contributed by atoms with Crippen molar-refractivity contribution < 1.29 is 28.5 Å². The monoisotopic (exact) mass is 310 g/mol. The lowest BCUT2D eigenvalue weighted by Gasteiger charge is -2.23.